The second kappa shape index (κ2) is 13.8. The van der Waals surface area contributed by atoms with Gasteiger partial charge in [0.15, 0.2) is 0 Å². The first kappa shape index (κ1) is 28.8. The lowest BCUT2D eigenvalue weighted by atomic mass is 9.98. The number of benzene rings is 3. The van der Waals surface area contributed by atoms with Crippen molar-refractivity contribution in [2.75, 3.05) is 0 Å². The second-order valence-electron chi connectivity index (χ2n) is 8.94. The van der Waals surface area contributed by atoms with Crippen LogP contribution >= 0.6 is 34.8 Å². The number of alkyl halides is 3. The van der Waals surface area contributed by atoms with Crippen molar-refractivity contribution < 1.29 is 23.7 Å². The molecule has 1 unspecified atom stereocenters. The monoisotopic (exact) mass is 577 g/mol. The van der Waals surface area contributed by atoms with Crippen molar-refractivity contribution in [2.45, 2.75) is 61.2 Å². The van der Waals surface area contributed by atoms with Crippen LogP contribution in [0.4, 0.5) is 0 Å². The van der Waals surface area contributed by atoms with Gasteiger partial charge < -0.3 is 23.7 Å². The van der Waals surface area contributed by atoms with E-state index in [0.717, 1.165) is 16.7 Å². The van der Waals surface area contributed by atoms with E-state index >= 15 is 0 Å². The first-order valence-electron chi connectivity index (χ1n) is 12.3. The number of hydrogen-bond acceptors (Lipinski definition) is 6. The minimum absolute atomic E-state index is 0.251. The minimum Gasteiger partial charge on any atom is -0.445 e. The number of halogens is 3. The van der Waals surface area contributed by atoms with Gasteiger partial charge in [0.2, 0.25) is 12.2 Å². The Morgan fingerprint density at radius 2 is 1.08 bits per heavy atom. The Morgan fingerprint density at radius 1 is 0.684 bits per heavy atom. The van der Waals surface area contributed by atoms with Crippen molar-refractivity contribution in [3.05, 3.63) is 108 Å². The van der Waals surface area contributed by atoms with Crippen molar-refractivity contribution in [3.8, 4) is 0 Å². The van der Waals surface area contributed by atoms with E-state index in [0.29, 0.717) is 13.2 Å². The molecule has 3 aromatic carbocycles. The van der Waals surface area contributed by atoms with Crippen LogP contribution in [-0.2, 0) is 43.5 Å². The van der Waals surface area contributed by atoms with Gasteiger partial charge >= 0.3 is 0 Å². The molecule has 1 aliphatic heterocycles. The zero-order valence-electron chi connectivity index (χ0n) is 20.8. The number of hydrogen-bond donors (Lipinski definition) is 1. The zero-order valence-corrected chi connectivity index (χ0v) is 23.1. The third kappa shape index (κ3) is 8.17. The summed E-state index contributed by atoms with van der Waals surface area (Å²) in [5.74, 6) is -0.571. The lowest BCUT2D eigenvalue weighted by Crippen LogP contribution is -2.60. The molecule has 9 heteroatoms. The van der Waals surface area contributed by atoms with Crippen LogP contribution in [-0.4, -0.2) is 40.4 Å². The SMILES string of the molecule is C[C@@H]1OC(OC(=N)C(Cl)(Cl)Cl)[C@@H](OCc2ccccc2)[C@H](OCc2ccccc2)[C@@H]1OCc1ccccc1. The molecule has 0 radical (unpaired) electrons. The van der Waals surface area contributed by atoms with Crippen LogP contribution < -0.4 is 0 Å². The van der Waals surface area contributed by atoms with Crippen LogP contribution in [0, 0.1) is 5.41 Å². The molecular formula is C29H30Cl3NO5. The van der Waals surface area contributed by atoms with Crippen molar-refractivity contribution in [1.29, 1.82) is 5.41 Å². The van der Waals surface area contributed by atoms with E-state index < -0.39 is 40.4 Å². The largest absolute Gasteiger partial charge is 0.445 e. The summed E-state index contributed by atoms with van der Waals surface area (Å²) in [6, 6.07) is 29.4. The van der Waals surface area contributed by atoms with Gasteiger partial charge in [-0.25, -0.2) is 0 Å². The topological polar surface area (TPSA) is 70.0 Å². The van der Waals surface area contributed by atoms with Crippen LogP contribution in [0.1, 0.15) is 23.6 Å². The highest BCUT2D eigenvalue weighted by atomic mass is 35.6. The van der Waals surface area contributed by atoms with Gasteiger partial charge in [-0.15, -0.1) is 0 Å². The maximum absolute atomic E-state index is 8.15. The minimum atomic E-state index is -2.06. The average molecular weight is 579 g/mol. The summed E-state index contributed by atoms with van der Waals surface area (Å²) in [5, 5.41) is 8.15. The second-order valence-corrected chi connectivity index (χ2v) is 11.2. The first-order chi connectivity index (χ1) is 18.3. The van der Waals surface area contributed by atoms with Crippen molar-refractivity contribution >= 4 is 40.7 Å². The first-order valence-corrected chi connectivity index (χ1v) is 13.4. The molecule has 4 rings (SSSR count). The van der Waals surface area contributed by atoms with E-state index in [1.165, 1.54) is 0 Å². The van der Waals surface area contributed by atoms with E-state index in [9.17, 15) is 0 Å². The fraction of sp³-hybridized carbons (Fsp3) is 0.345. The van der Waals surface area contributed by atoms with Gasteiger partial charge in [0, 0.05) is 0 Å². The number of rotatable bonds is 10. The fourth-order valence-electron chi connectivity index (χ4n) is 4.15. The summed E-state index contributed by atoms with van der Waals surface area (Å²) in [6.07, 6.45) is -3.50. The number of ether oxygens (including phenoxy) is 5. The van der Waals surface area contributed by atoms with Crippen LogP contribution in [0.15, 0.2) is 91.0 Å². The molecule has 1 fully saturated rings. The van der Waals surface area contributed by atoms with Gasteiger partial charge in [-0.1, -0.05) is 126 Å². The summed E-state index contributed by atoms with van der Waals surface area (Å²) in [7, 11) is 0. The van der Waals surface area contributed by atoms with Crippen molar-refractivity contribution in [3.63, 3.8) is 0 Å². The Morgan fingerprint density at radius 3 is 1.50 bits per heavy atom. The van der Waals surface area contributed by atoms with Gasteiger partial charge in [0.25, 0.3) is 3.79 Å². The van der Waals surface area contributed by atoms with Gasteiger partial charge in [-0.05, 0) is 23.6 Å². The van der Waals surface area contributed by atoms with E-state index in [4.69, 9.17) is 63.9 Å². The standard InChI is InChI=1S/C29H30Cl3NO5/c1-20-24(34-17-21-11-5-2-6-12-21)25(35-18-22-13-7-3-8-14-22)26(36-19-23-15-9-4-10-16-23)27(37-20)38-28(33)29(30,31)32/h2-16,20,24-27,33H,17-19H2,1H3/t20-,24+,25+,26-,27?/m0/s1. The Bertz CT molecular complexity index is 1130. The highest BCUT2D eigenvalue weighted by Gasteiger charge is 2.49. The van der Waals surface area contributed by atoms with Crippen molar-refractivity contribution in [2.24, 2.45) is 0 Å². The van der Waals surface area contributed by atoms with Gasteiger partial charge in [0.05, 0.1) is 25.9 Å². The molecule has 38 heavy (non-hydrogen) atoms. The summed E-state index contributed by atoms with van der Waals surface area (Å²) in [4.78, 5) is 0. The third-order valence-electron chi connectivity index (χ3n) is 6.07. The Balaban J connectivity index is 1.61. The van der Waals surface area contributed by atoms with Crippen LogP contribution in [0.2, 0.25) is 0 Å². The van der Waals surface area contributed by atoms with E-state index in [1.807, 2.05) is 97.9 Å². The summed E-state index contributed by atoms with van der Waals surface area (Å²) in [5.41, 5.74) is 2.95. The molecule has 1 N–H and O–H groups in total. The molecule has 6 nitrogen and oxygen atoms in total. The normalized spacial score (nSPS) is 23.6. The molecule has 1 aliphatic rings. The lowest BCUT2D eigenvalue weighted by molar-refractivity contribution is -0.304. The Hall–Kier alpha value is -2.16. The molecule has 5 atom stereocenters. The summed E-state index contributed by atoms with van der Waals surface area (Å²) >= 11 is 17.7. The molecular weight excluding hydrogens is 549 g/mol. The molecule has 0 bridgehead atoms. The fourth-order valence-corrected chi connectivity index (χ4v) is 4.28. The van der Waals surface area contributed by atoms with Crippen LogP contribution in [0.3, 0.4) is 0 Å². The highest BCUT2D eigenvalue weighted by molar-refractivity contribution is 6.76. The molecule has 0 aromatic heterocycles. The Labute approximate surface area is 238 Å². The third-order valence-corrected chi connectivity index (χ3v) is 6.59. The zero-order chi connectivity index (χ0) is 27.0. The van der Waals surface area contributed by atoms with Crippen molar-refractivity contribution in [1.82, 2.24) is 0 Å². The van der Waals surface area contributed by atoms with Gasteiger partial charge in [0.1, 0.15) is 18.3 Å². The maximum atomic E-state index is 8.15. The molecule has 1 saturated heterocycles. The van der Waals surface area contributed by atoms with E-state index in [1.54, 1.807) is 0 Å². The van der Waals surface area contributed by atoms with Gasteiger partial charge in [-0.3, -0.25) is 5.41 Å². The summed E-state index contributed by atoms with van der Waals surface area (Å²) < 4.78 is 29.0. The van der Waals surface area contributed by atoms with E-state index in [-0.39, 0.29) is 6.61 Å². The average Bonchev–Trinajstić information content (AvgIpc) is 2.92. The smallest absolute Gasteiger partial charge is 0.265 e. The highest BCUT2D eigenvalue weighted by Crippen LogP contribution is 2.34. The van der Waals surface area contributed by atoms with E-state index in [2.05, 4.69) is 0 Å². The quantitative estimate of drug-likeness (QED) is 0.162. The molecule has 202 valence electrons. The molecule has 0 saturated carbocycles. The predicted molar refractivity (Wildman–Crippen MR) is 148 cm³/mol. The predicted octanol–water partition coefficient (Wildman–Crippen LogP) is 6.85. The van der Waals surface area contributed by atoms with Gasteiger partial charge in [-0.2, -0.15) is 0 Å². The molecule has 0 amide bonds. The van der Waals surface area contributed by atoms with Crippen LogP contribution in [0.5, 0.6) is 0 Å². The summed E-state index contributed by atoms with van der Waals surface area (Å²) in [6.45, 7) is 2.77. The van der Waals surface area contributed by atoms with Crippen LogP contribution in [0.25, 0.3) is 0 Å². The number of nitrogens with one attached hydrogen (secondary N) is 1. The molecule has 1 heterocycles. The molecule has 3 aromatic rings. The lowest BCUT2D eigenvalue weighted by Gasteiger charge is -2.45. The molecule has 0 spiro atoms. The molecule has 0 aliphatic carbocycles. The maximum Gasteiger partial charge on any atom is 0.265 e. The Kier molecular flexibility index (Phi) is 10.4.